The molecule has 150 valence electrons. The summed E-state index contributed by atoms with van der Waals surface area (Å²) in [6, 6.07) is 17.1. The van der Waals surface area contributed by atoms with E-state index in [0.717, 1.165) is 44.6 Å². The highest BCUT2D eigenvalue weighted by Gasteiger charge is 2.30. The van der Waals surface area contributed by atoms with E-state index < -0.39 is 0 Å². The maximum atomic E-state index is 13.3. The predicted octanol–water partition coefficient (Wildman–Crippen LogP) is 3.43. The molecule has 1 atom stereocenters. The zero-order chi connectivity index (χ0) is 19.8. The lowest BCUT2D eigenvalue weighted by atomic mass is 10.1. The van der Waals surface area contributed by atoms with Crippen LogP contribution in [-0.2, 0) is 17.9 Å². The molecule has 1 N–H and O–H groups in total. The zero-order valence-corrected chi connectivity index (χ0v) is 16.6. The maximum absolute atomic E-state index is 13.3. The van der Waals surface area contributed by atoms with Crippen LogP contribution < -0.4 is 5.32 Å². The van der Waals surface area contributed by atoms with Crippen LogP contribution in [0.2, 0.25) is 0 Å². The SMILES string of the molecule is CCCNCC(=O)N(Cc1ccc(F)cc1)C1CCN(Cc2ccccc2)C1. The molecular weight excluding hydrogens is 353 g/mol. The highest BCUT2D eigenvalue weighted by molar-refractivity contribution is 5.78. The Hall–Kier alpha value is -2.24. The third kappa shape index (κ3) is 5.88. The predicted molar refractivity (Wildman–Crippen MR) is 110 cm³/mol. The molecule has 4 nitrogen and oxygen atoms in total. The average molecular weight is 384 g/mol. The van der Waals surface area contributed by atoms with Crippen LogP contribution in [0.1, 0.15) is 30.9 Å². The number of carbonyl (C=O) groups excluding carboxylic acids is 1. The molecule has 1 aliphatic rings. The van der Waals surface area contributed by atoms with Gasteiger partial charge < -0.3 is 10.2 Å². The normalized spacial score (nSPS) is 17.0. The minimum absolute atomic E-state index is 0.115. The molecule has 1 aliphatic heterocycles. The third-order valence-electron chi connectivity index (χ3n) is 5.23. The van der Waals surface area contributed by atoms with Crippen LogP contribution >= 0.6 is 0 Å². The second-order valence-corrected chi connectivity index (χ2v) is 7.49. The first-order valence-corrected chi connectivity index (χ1v) is 10.2. The van der Waals surface area contributed by atoms with Gasteiger partial charge in [-0.1, -0.05) is 49.4 Å². The molecule has 0 bridgehead atoms. The van der Waals surface area contributed by atoms with Crippen molar-refractivity contribution in [3.8, 4) is 0 Å². The van der Waals surface area contributed by atoms with Gasteiger partial charge in [0.25, 0.3) is 0 Å². The molecule has 0 saturated carbocycles. The minimum Gasteiger partial charge on any atom is -0.333 e. The summed E-state index contributed by atoms with van der Waals surface area (Å²) in [5.41, 5.74) is 2.26. The molecule has 28 heavy (non-hydrogen) atoms. The van der Waals surface area contributed by atoms with Crippen LogP contribution in [0.5, 0.6) is 0 Å². The first kappa shape index (κ1) is 20.5. The van der Waals surface area contributed by atoms with Gasteiger partial charge in [0.2, 0.25) is 5.91 Å². The number of benzene rings is 2. The summed E-state index contributed by atoms with van der Waals surface area (Å²) in [4.78, 5) is 17.3. The highest BCUT2D eigenvalue weighted by Crippen LogP contribution is 2.20. The van der Waals surface area contributed by atoms with Crippen LogP contribution in [0.25, 0.3) is 0 Å². The Morgan fingerprint density at radius 2 is 1.89 bits per heavy atom. The van der Waals surface area contributed by atoms with E-state index in [2.05, 4.69) is 41.4 Å². The Bertz CT molecular complexity index is 735. The van der Waals surface area contributed by atoms with Crippen molar-refractivity contribution >= 4 is 5.91 Å². The van der Waals surface area contributed by atoms with Crippen molar-refractivity contribution in [3.05, 3.63) is 71.5 Å². The molecule has 1 unspecified atom stereocenters. The number of amides is 1. The number of likely N-dealkylation sites (tertiary alicyclic amines) is 1. The lowest BCUT2D eigenvalue weighted by Gasteiger charge is -2.30. The Morgan fingerprint density at radius 1 is 1.14 bits per heavy atom. The van der Waals surface area contributed by atoms with E-state index in [4.69, 9.17) is 0 Å². The van der Waals surface area contributed by atoms with Gasteiger partial charge in [-0.05, 0) is 42.6 Å². The number of nitrogens with one attached hydrogen (secondary N) is 1. The monoisotopic (exact) mass is 383 g/mol. The second kappa shape index (κ2) is 10.3. The molecule has 2 aromatic carbocycles. The van der Waals surface area contributed by atoms with Gasteiger partial charge in [-0.2, -0.15) is 0 Å². The van der Waals surface area contributed by atoms with Crippen LogP contribution in [-0.4, -0.2) is 47.9 Å². The van der Waals surface area contributed by atoms with E-state index in [1.54, 1.807) is 12.1 Å². The standard InChI is InChI=1S/C23H30FN3O/c1-2-13-25-15-23(28)27(17-20-8-10-21(24)11-9-20)22-12-14-26(18-22)16-19-6-4-3-5-7-19/h3-11,22,25H,2,12-18H2,1H3. The fourth-order valence-corrected chi connectivity index (χ4v) is 3.73. The van der Waals surface area contributed by atoms with Crippen molar-refractivity contribution in [3.63, 3.8) is 0 Å². The number of hydrogen-bond donors (Lipinski definition) is 1. The van der Waals surface area contributed by atoms with Gasteiger partial charge in [-0.15, -0.1) is 0 Å². The number of rotatable bonds is 9. The first-order chi connectivity index (χ1) is 13.7. The van der Waals surface area contributed by atoms with Crippen molar-refractivity contribution < 1.29 is 9.18 Å². The van der Waals surface area contributed by atoms with Gasteiger partial charge in [0, 0.05) is 32.2 Å². The van der Waals surface area contributed by atoms with Crippen LogP contribution in [0.4, 0.5) is 4.39 Å². The first-order valence-electron chi connectivity index (χ1n) is 10.2. The number of carbonyl (C=O) groups is 1. The molecule has 1 amide bonds. The Morgan fingerprint density at radius 3 is 2.61 bits per heavy atom. The summed E-state index contributed by atoms with van der Waals surface area (Å²) in [6.45, 7) is 6.56. The van der Waals surface area contributed by atoms with Gasteiger partial charge >= 0.3 is 0 Å². The van der Waals surface area contributed by atoms with Gasteiger partial charge in [0.05, 0.1) is 6.54 Å². The smallest absolute Gasteiger partial charge is 0.237 e. The van der Waals surface area contributed by atoms with Crippen molar-refractivity contribution in [1.29, 1.82) is 0 Å². The van der Waals surface area contributed by atoms with E-state index in [9.17, 15) is 9.18 Å². The number of hydrogen-bond acceptors (Lipinski definition) is 3. The molecule has 0 aromatic heterocycles. The van der Waals surface area contributed by atoms with Gasteiger partial charge in [-0.25, -0.2) is 4.39 Å². The summed E-state index contributed by atoms with van der Waals surface area (Å²) in [5.74, 6) is -0.134. The van der Waals surface area contributed by atoms with E-state index in [1.807, 2.05) is 11.0 Å². The molecule has 5 heteroatoms. The Balaban J connectivity index is 1.65. The molecule has 1 saturated heterocycles. The summed E-state index contributed by atoms with van der Waals surface area (Å²) in [6.07, 6.45) is 1.97. The lowest BCUT2D eigenvalue weighted by molar-refractivity contribution is -0.133. The molecular formula is C23H30FN3O. The van der Waals surface area contributed by atoms with E-state index in [1.165, 1.54) is 17.7 Å². The molecule has 1 fully saturated rings. The average Bonchev–Trinajstić information content (AvgIpc) is 3.16. The molecule has 3 rings (SSSR count). The fraction of sp³-hybridized carbons (Fsp3) is 0.435. The molecule has 0 aliphatic carbocycles. The molecule has 2 aromatic rings. The van der Waals surface area contributed by atoms with Crippen molar-refractivity contribution in [1.82, 2.24) is 15.1 Å². The fourth-order valence-electron chi connectivity index (χ4n) is 3.73. The summed E-state index contributed by atoms with van der Waals surface area (Å²) < 4.78 is 13.3. The van der Waals surface area contributed by atoms with E-state index in [-0.39, 0.29) is 17.8 Å². The molecule has 1 heterocycles. The quantitative estimate of drug-likeness (QED) is 0.674. The van der Waals surface area contributed by atoms with E-state index >= 15 is 0 Å². The van der Waals surface area contributed by atoms with Gasteiger partial charge in [-0.3, -0.25) is 9.69 Å². The Labute approximate surface area is 167 Å². The van der Waals surface area contributed by atoms with Crippen LogP contribution in [0, 0.1) is 5.82 Å². The molecule has 0 radical (unpaired) electrons. The van der Waals surface area contributed by atoms with Crippen LogP contribution in [0.3, 0.4) is 0 Å². The van der Waals surface area contributed by atoms with Crippen LogP contribution in [0.15, 0.2) is 54.6 Å². The summed E-state index contributed by atoms with van der Waals surface area (Å²) in [5, 5.41) is 3.22. The zero-order valence-electron chi connectivity index (χ0n) is 16.6. The molecule has 0 spiro atoms. The minimum atomic E-state index is -0.249. The largest absolute Gasteiger partial charge is 0.333 e. The lowest BCUT2D eigenvalue weighted by Crippen LogP contribution is -2.45. The second-order valence-electron chi connectivity index (χ2n) is 7.49. The van der Waals surface area contributed by atoms with Crippen molar-refractivity contribution in [2.24, 2.45) is 0 Å². The topological polar surface area (TPSA) is 35.6 Å². The van der Waals surface area contributed by atoms with Crippen molar-refractivity contribution in [2.75, 3.05) is 26.2 Å². The van der Waals surface area contributed by atoms with Gasteiger partial charge in [0.15, 0.2) is 0 Å². The number of halogens is 1. The maximum Gasteiger partial charge on any atom is 0.237 e. The summed E-state index contributed by atoms with van der Waals surface area (Å²) >= 11 is 0. The van der Waals surface area contributed by atoms with Gasteiger partial charge in [0.1, 0.15) is 5.82 Å². The number of nitrogens with zero attached hydrogens (tertiary/aromatic N) is 2. The Kier molecular flexibility index (Phi) is 7.57. The third-order valence-corrected chi connectivity index (χ3v) is 5.23. The highest BCUT2D eigenvalue weighted by atomic mass is 19.1. The van der Waals surface area contributed by atoms with E-state index in [0.29, 0.717) is 13.1 Å². The van der Waals surface area contributed by atoms with Crippen molar-refractivity contribution in [2.45, 2.75) is 38.9 Å². The summed E-state index contributed by atoms with van der Waals surface area (Å²) in [7, 11) is 0.